The Hall–Kier alpha value is -2.55. The lowest BCUT2D eigenvalue weighted by Crippen LogP contribution is -2.51. The highest BCUT2D eigenvalue weighted by atomic mass is 19.2. The van der Waals surface area contributed by atoms with E-state index in [1.165, 1.54) is 12.5 Å². The van der Waals surface area contributed by atoms with E-state index < -0.39 is 23.1 Å². The number of carbonyl (C=O) groups is 1. The molecule has 1 aromatic carbocycles. The SMILES string of the molecule is O=C(COc1ccc(F)c(F)c1)NC1(c2ncon2)CCOCC1. The van der Waals surface area contributed by atoms with Gasteiger partial charge in [-0.15, -0.1) is 0 Å². The van der Waals surface area contributed by atoms with E-state index in [2.05, 4.69) is 15.5 Å². The first kappa shape index (κ1) is 16.3. The molecule has 0 unspecified atom stereocenters. The number of benzene rings is 1. The Bertz CT molecular complexity index is 703. The number of hydrogen-bond donors (Lipinski definition) is 1. The molecule has 9 heteroatoms. The molecular formula is C15H15F2N3O4. The molecule has 3 rings (SSSR count). The summed E-state index contributed by atoms with van der Waals surface area (Å²) in [5.41, 5.74) is -0.792. The molecule has 0 saturated carbocycles. The quantitative estimate of drug-likeness (QED) is 0.889. The van der Waals surface area contributed by atoms with Crippen molar-refractivity contribution < 1.29 is 27.6 Å². The molecule has 2 heterocycles. The van der Waals surface area contributed by atoms with E-state index in [0.717, 1.165) is 12.1 Å². The van der Waals surface area contributed by atoms with Crippen molar-refractivity contribution in [3.05, 3.63) is 42.1 Å². The maximum Gasteiger partial charge on any atom is 0.258 e. The number of nitrogens with zero attached hydrogens (tertiary/aromatic N) is 2. The van der Waals surface area contributed by atoms with Gasteiger partial charge in [0, 0.05) is 32.1 Å². The first-order chi connectivity index (χ1) is 11.6. The number of nitrogens with one attached hydrogen (secondary N) is 1. The van der Waals surface area contributed by atoms with Gasteiger partial charge in [0.25, 0.3) is 5.91 Å². The smallest absolute Gasteiger partial charge is 0.258 e. The molecule has 0 spiro atoms. The minimum Gasteiger partial charge on any atom is -0.484 e. The Kier molecular flexibility index (Phi) is 4.70. The Balaban J connectivity index is 1.64. The molecule has 0 aliphatic carbocycles. The zero-order valence-electron chi connectivity index (χ0n) is 12.6. The lowest BCUT2D eigenvalue weighted by Gasteiger charge is -2.35. The monoisotopic (exact) mass is 339 g/mol. The third-order valence-electron chi connectivity index (χ3n) is 3.78. The minimum absolute atomic E-state index is 0.0599. The van der Waals surface area contributed by atoms with Gasteiger partial charge in [0.1, 0.15) is 11.3 Å². The van der Waals surface area contributed by atoms with Crippen LogP contribution in [0, 0.1) is 11.6 Å². The van der Waals surface area contributed by atoms with E-state index in [-0.39, 0.29) is 12.4 Å². The van der Waals surface area contributed by atoms with Gasteiger partial charge in [-0.1, -0.05) is 5.16 Å². The number of halogens is 2. The molecule has 128 valence electrons. The van der Waals surface area contributed by atoms with Gasteiger partial charge in [0.15, 0.2) is 24.1 Å². The van der Waals surface area contributed by atoms with Gasteiger partial charge in [-0.3, -0.25) is 4.79 Å². The maximum atomic E-state index is 13.1. The zero-order chi connectivity index (χ0) is 17.0. The van der Waals surface area contributed by atoms with Crippen LogP contribution >= 0.6 is 0 Å². The van der Waals surface area contributed by atoms with Crippen molar-refractivity contribution in [3.63, 3.8) is 0 Å². The van der Waals surface area contributed by atoms with E-state index in [4.69, 9.17) is 14.0 Å². The van der Waals surface area contributed by atoms with Gasteiger partial charge in [-0.05, 0) is 12.1 Å². The number of carbonyl (C=O) groups excluding carboxylic acids is 1. The second-order valence-electron chi connectivity index (χ2n) is 5.36. The lowest BCUT2D eigenvalue weighted by atomic mass is 9.89. The van der Waals surface area contributed by atoms with Crippen molar-refractivity contribution in [2.24, 2.45) is 0 Å². The van der Waals surface area contributed by atoms with Crippen molar-refractivity contribution in [1.29, 1.82) is 0 Å². The molecule has 0 atom stereocenters. The van der Waals surface area contributed by atoms with Crippen molar-refractivity contribution in [2.45, 2.75) is 18.4 Å². The van der Waals surface area contributed by atoms with E-state index in [1.54, 1.807) is 0 Å². The Labute approximate surface area is 135 Å². The molecule has 1 fully saturated rings. The molecule has 1 aromatic heterocycles. The first-order valence-electron chi connectivity index (χ1n) is 7.32. The molecule has 1 aliphatic rings. The highest BCUT2D eigenvalue weighted by Gasteiger charge is 2.39. The zero-order valence-corrected chi connectivity index (χ0v) is 12.6. The Morgan fingerprint density at radius 1 is 1.29 bits per heavy atom. The maximum absolute atomic E-state index is 13.1. The van der Waals surface area contributed by atoms with Gasteiger partial charge in [-0.2, -0.15) is 4.98 Å². The standard InChI is InChI=1S/C15H15F2N3O4/c16-11-2-1-10(7-12(11)17)23-8-13(21)19-15(3-5-22-6-4-15)14-18-9-24-20-14/h1-2,7,9H,3-6,8H2,(H,19,21). The molecular weight excluding hydrogens is 324 g/mol. The van der Waals surface area contributed by atoms with Gasteiger partial charge in [0.2, 0.25) is 6.39 Å². The summed E-state index contributed by atoms with van der Waals surface area (Å²) in [7, 11) is 0. The number of ether oxygens (including phenoxy) is 2. The molecule has 0 radical (unpaired) electrons. The molecule has 0 bridgehead atoms. The molecule has 1 amide bonds. The van der Waals surface area contributed by atoms with Crippen molar-refractivity contribution in [1.82, 2.24) is 15.5 Å². The van der Waals surface area contributed by atoms with Crippen molar-refractivity contribution in [3.8, 4) is 5.75 Å². The summed E-state index contributed by atoms with van der Waals surface area (Å²) in [5, 5.41) is 6.65. The number of hydrogen-bond acceptors (Lipinski definition) is 6. The molecule has 1 aliphatic heterocycles. The Morgan fingerprint density at radius 2 is 2.08 bits per heavy atom. The molecule has 1 saturated heterocycles. The predicted molar refractivity (Wildman–Crippen MR) is 76.0 cm³/mol. The van der Waals surface area contributed by atoms with E-state index >= 15 is 0 Å². The van der Waals surface area contributed by atoms with Crippen molar-refractivity contribution in [2.75, 3.05) is 19.8 Å². The first-order valence-corrected chi connectivity index (χ1v) is 7.32. The number of amides is 1. The van der Waals surface area contributed by atoms with Gasteiger partial charge >= 0.3 is 0 Å². The summed E-state index contributed by atoms with van der Waals surface area (Å²) >= 11 is 0. The van der Waals surface area contributed by atoms with Crippen LogP contribution in [0.4, 0.5) is 8.78 Å². The minimum atomic E-state index is -1.04. The average Bonchev–Trinajstić information content (AvgIpc) is 3.12. The van der Waals surface area contributed by atoms with Crippen LogP contribution in [0.2, 0.25) is 0 Å². The topological polar surface area (TPSA) is 86.5 Å². The van der Waals surface area contributed by atoms with E-state index in [9.17, 15) is 13.6 Å². The van der Waals surface area contributed by atoms with Gasteiger partial charge < -0.3 is 19.3 Å². The van der Waals surface area contributed by atoms with E-state index in [0.29, 0.717) is 31.9 Å². The highest BCUT2D eigenvalue weighted by molar-refractivity contribution is 5.78. The predicted octanol–water partition coefficient (Wildman–Crippen LogP) is 1.55. The second kappa shape index (κ2) is 6.91. The van der Waals surface area contributed by atoms with E-state index in [1.807, 2.05) is 0 Å². The number of rotatable bonds is 5. The molecule has 7 nitrogen and oxygen atoms in total. The lowest BCUT2D eigenvalue weighted by molar-refractivity contribution is -0.126. The second-order valence-corrected chi connectivity index (χ2v) is 5.36. The third-order valence-corrected chi connectivity index (χ3v) is 3.78. The van der Waals surface area contributed by atoms with Crippen LogP contribution in [0.15, 0.2) is 29.1 Å². The third kappa shape index (κ3) is 3.51. The van der Waals surface area contributed by atoms with Crippen LogP contribution in [0.1, 0.15) is 18.7 Å². The summed E-state index contributed by atoms with van der Waals surface area (Å²) in [6, 6.07) is 3.06. The van der Waals surface area contributed by atoms with Crippen LogP contribution in [-0.2, 0) is 15.1 Å². The highest BCUT2D eigenvalue weighted by Crippen LogP contribution is 2.29. The average molecular weight is 339 g/mol. The fourth-order valence-corrected chi connectivity index (χ4v) is 2.52. The summed E-state index contributed by atoms with van der Waals surface area (Å²) in [6.45, 7) is 0.531. The molecule has 24 heavy (non-hydrogen) atoms. The normalized spacial score (nSPS) is 16.6. The summed E-state index contributed by atoms with van der Waals surface area (Å²) in [5.74, 6) is -2.03. The summed E-state index contributed by atoms with van der Waals surface area (Å²) < 4.78 is 41.3. The Morgan fingerprint density at radius 3 is 2.75 bits per heavy atom. The van der Waals surface area contributed by atoms with Crippen LogP contribution < -0.4 is 10.1 Å². The van der Waals surface area contributed by atoms with Crippen molar-refractivity contribution >= 4 is 5.91 Å². The van der Waals surface area contributed by atoms with Gasteiger partial charge in [-0.25, -0.2) is 8.78 Å². The fraction of sp³-hybridized carbons (Fsp3) is 0.400. The number of aromatic nitrogens is 2. The fourth-order valence-electron chi connectivity index (χ4n) is 2.52. The largest absolute Gasteiger partial charge is 0.484 e. The van der Waals surface area contributed by atoms with Crippen LogP contribution in [0.3, 0.4) is 0 Å². The van der Waals surface area contributed by atoms with Crippen LogP contribution in [0.5, 0.6) is 5.75 Å². The van der Waals surface area contributed by atoms with Gasteiger partial charge in [0.05, 0.1) is 0 Å². The van der Waals surface area contributed by atoms with Crippen LogP contribution in [0.25, 0.3) is 0 Å². The van der Waals surface area contributed by atoms with Crippen LogP contribution in [-0.4, -0.2) is 35.9 Å². The molecule has 2 aromatic rings. The molecule has 1 N–H and O–H groups in total. The summed E-state index contributed by atoms with van der Waals surface area (Å²) in [4.78, 5) is 16.2. The summed E-state index contributed by atoms with van der Waals surface area (Å²) in [6.07, 6.45) is 2.17.